The maximum Gasteiger partial charge on any atom is 0.159 e. The highest BCUT2D eigenvalue weighted by atomic mass is 16.1. The average molecular weight is 178 g/mol. The molecule has 1 atom stereocenters. The number of carbonyl (C=O) groups excluding carboxylic acids is 1. The molecule has 0 amide bonds. The number of carbonyl (C=O) groups is 1. The molecule has 0 radical (unpaired) electrons. The summed E-state index contributed by atoms with van der Waals surface area (Å²) in [5.74, 6) is 0.436. The Bertz CT molecular complexity index is 275. The third-order valence-electron chi connectivity index (χ3n) is 3.72. The first kappa shape index (κ1) is 8.98. The summed E-state index contributed by atoms with van der Waals surface area (Å²) in [4.78, 5) is 11.8. The van der Waals surface area contributed by atoms with Crippen molar-refractivity contribution in [1.82, 2.24) is 0 Å². The van der Waals surface area contributed by atoms with Crippen LogP contribution in [0.3, 0.4) is 0 Å². The highest BCUT2D eigenvalue weighted by molar-refractivity contribution is 5.98. The number of Topliss-reactive ketones (excluding diaryl/α,β-unsaturated/α-hetero) is 1. The van der Waals surface area contributed by atoms with Crippen molar-refractivity contribution >= 4 is 5.78 Å². The lowest BCUT2D eigenvalue weighted by Crippen LogP contribution is -2.32. The molecule has 1 saturated carbocycles. The van der Waals surface area contributed by atoms with Crippen molar-refractivity contribution in [3.63, 3.8) is 0 Å². The van der Waals surface area contributed by atoms with Crippen LogP contribution in [0.4, 0.5) is 0 Å². The first-order valence-corrected chi connectivity index (χ1v) is 5.37. The lowest BCUT2D eigenvalue weighted by atomic mass is 9.64. The molecule has 0 N–H and O–H groups in total. The zero-order valence-corrected chi connectivity index (χ0v) is 8.65. The fraction of sp³-hybridized carbons (Fsp3) is 0.750. The van der Waals surface area contributed by atoms with Gasteiger partial charge in [-0.1, -0.05) is 12.5 Å². The summed E-state index contributed by atoms with van der Waals surface area (Å²) in [6, 6.07) is 0. The SMILES string of the molecule is CC1=C2C(=O)CCC[C@@]2(C)CCC1. The van der Waals surface area contributed by atoms with Crippen molar-refractivity contribution in [3.05, 3.63) is 11.1 Å². The molecule has 13 heavy (non-hydrogen) atoms. The van der Waals surface area contributed by atoms with Crippen LogP contribution in [0, 0.1) is 5.41 Å². The van der Waals surface area contributed by atoms with Crippen molar-refractivity contribution in [2.75, 3.05) is 0 Å². The summed E-state index contributed by atoms with van der Waals surface area (Å²) in [7, 11) is 0. The first-order valence-electron chi connectivity index (χ1n) is 5.37. The zero-order chi connectivity index (χ0) is 9.47. The summed E-state index contributed by atoms with van der Waals surface area (Å²) in [6.07, 6.45) is 6.78. The molecule has 0 bridgehead atoms. The number of hydrogen-bond acceptors (Lipinski definition) is 1. The third kappa shape index (κ3) is 1.34. The average Bonchev–Trinajstić information content (AvgIpc) is 2.02. The number of rotatable bonds is 0. The van der Waals surface area contributed by atoms with E-state index in [0.29, 0.717) is 5.78 Å². The molecule has 0 aromatic rings. The molecule has 1 heteroatoms. The van der Waals surface area contributed by atoms with Crippen LogP contribution in [0.25, 0.3) is 0 Å². The van der Waals surface area contributed by atoms with Crippen LogP contribution in [0.15, 0.2) is 11.1 Å². The van der Waals surface area contributed by atoms with Gasteiger partial charge in [0, 0.05) is 6.42 Å². The maximum absolute atomic E-state index is 11.8. The van der Waals surface area contributed by atoms with Gasteiger partial charge in [0.15, 0.2) is 5.78 Å². The molecule has 0 saturated heterocycles. The van der Waals surface area contributed by atoms with Crippen molar-refractivity contribution in [2.24, 2.45) is 5.41 Å². The number of fused-ring (bicyclic) bond motifs is 1. The second-order valence-electron chi connectivity index (χ2n) is 4.85. The minimum atomic E-state index is 0.248. The number of hydrogen-bond donors (Lipinski definition) is 0. The van der Waals surface area contributed by atoms with E-state index in [-0.39, 0.29) is 5.41 Å². The van der Waals surface area contributed by atoms with E-state index in [9.17, 15) is 4.79 Å². The van der Waals surface area contributed by atoms with E-state index in [0.717, 1.165) is 19.3 Å². The van der Waals surface area contributed by atoms with Gasteiger partial charge in [-0.15, -0.1) is 0 Å². The number of allylic oxidation sites excluding steroid dienone is 2. The highest BCUT2D eigenvalue weighted by Crippen LogP contribution is 2.47. The molecule has 1 fully saturated rings. The van der Waals surface area contributed by atoms with Crippen LogP contribution in [0.1, 0.15) is 52.4 Å². The predicted octanol–water partition coefficient (Wildman–Crippen LogP) is 3.25. The van der Waals surface area contributed by atoms with Gasteiger partial charge in [-0.25, -0.2) is 0 Å². The van der Waals surface area contributed by atoms with Crippen LogP contribution in [-0.4, -0.2) is 5.78 Å². The minimum Gasteiger partial charge on any atom is -0.295 e. The Morgan fingerprint density at radius 3 is 2.38 bits per heavy atom. The molecule has 0 unspecified atom stereocenters. The Morgan fingerprint density at radius 2 is 1.77 bits per heavy atom. The summed E-state index contributed by atoms with van der Waals surface area (Å²) < 4.78 is 0. The van der Waals surface area contributed by atoms with E-state index >= 15 is 0 Å². The van der Waals surface area contributed by atoms with E-state index < -0.39 is 0 Å². The Morgan fingerprint density at radius 1 is 1.15 bits per heavy atom. The molecule has 0 aromatic heterocycles. The van der Waals surface area contributed by atoms with E-state index in [2.05, 4.69) is 13.8 Å². The normalized spacial score (nSPS) is 34.8. The smallest absolute Gasteiger partial charge is 0.159 e. The zero-order valence-electron chi connectivity index (χ0n) is 8.65. The van der Waals surface area contributed by atoms with Crippen molar-refractivity contribution in [2.45, 2.75) is 52.4 Å². The topological polar surface area (TPSA) is 17.1 Å². The fourth-order valence-electron chi connectivity index (χ4n) is 3.10. The van der Waals surface area contributed by atoms with Gasteiger partial charge in [0.1, 0.15) is 0 Å². The Kier molecular flexibility index (Phi) is 2.05. The summed E-state index contributed by atoms with van der Waals surface area (Å²) in [6.45, 7) is 4.43. The van der Waals surface area contributed by atoms with E-state index in [4.69, 9.17) is 0 Å². The van der Waals surface area contributed by atoms with Crippen LogP contribution in [-0.2, 0) is 4.79 Å². The molecular formula is C12H18O. The van der Waals surface area contributed by atoms with Crippen molar-refractivity contribution in [3.8, 4) is 0 Å². The molecule has 0 spiro atoms. The van der Waals surface area contributed by atoms with Crippen LogP contribution >= 0.6 is 0 Å². The van der Waals surface area contributed by atoms with Gasteiger partial charge >= 0.3 is 0 Å². The molecule has 72 valence electrons. The predicted molar refractivity (Wildman–Crippen MR) is 53.5 cm³/mol. The number of ketones is 1. The van der Waals surface area contributed by atoms with E-state index in [1.54, 1.807) is 0 Å². The second-order valence-corrected chi connectivity index (χ2v) is 4.85. The minimum absolute atomic E-state index is 0.248. The fourth-order valence-corrected chi connectivity index (χ4v) is 3.10. The monoisotopic (exact) mass is 178 g/mol. The Labute approximate surface area is 80.2 Å². The van der Waals surface area contributed by atoms with Gasteiger partial charge in [-0.05, 0) is 50.0 Å². The molecule has 1 nitrogen and oxygen atoms in total. The lowest BCUT2D eigenvalue weighted by Gasteiger charge is -2.40. The largest absolute Gasteiger partial charge is 0.295 e. The van der Waals surface area contributed by atoms with Gasteiger partial charge < -0.3 is 0 Å². The molecule has 0 heterocycles. The molecule has 0 aliphatic heterocycles. The quantitative estimate of drug-likeness (QED) is 0.556. The van der Waals surface area contributed by atoms with Gasteiger partial charge in [0.25, 0.3) is 0 Å². The standard InChI is InChI=1S/C12H18O/c1-9-5-3-7-12(2)8-4-6-10(13)11(9)12/h3-8H2,1-2H3/t12-/m1/s1. The Hall–Kier alpha value is -0.590. The summed E-state index contributed by atoms with van der Waals surface area (Å²) in [5.41, 5.74) is 2.82. The highest BCUT2D eigenvalue weighted by Gasteiger charge is 2.39. The molecule has 2 aliphatic carbocycles. The first-order chi connectivity index (χ1) is 6.13. The summed E-state index contributed by atoms with van der Waals surface area (Å²) in [5, 5.41) is 0. The van der Waals surface area contributed by atoms with Gasteiger partial charge in [0.05, 0.1) is 0 Å². The third-order valence-corrected chi connectivity index (χ3v) is 3.72. The molecule has 2 aliphatic rings. The Balaban J connectivity index is 2.43. The second kappa shape index (κ2) is 2.97. The lowest BCUT2D eigenvalue weighted by molar-refractivity contribution is -0.118. The summed E-state index contributed by atoms with van der Waals surface area (Å²) >= 11 is 0. The molecular weight excluding hydrogens is 160 g/mol. The molecule has 2 rings (SSSR count). The maximum atomic E-state index is 11.8. The van der Waals surface area contributed by atoms with Gasteiger partial charge in [-0.3, -0.25) is 4.79 Å². The molecule has 0 aromatic carbocycles. The van der Waals surface area contributed by atoms with E-state index in [1.807, 2.05) is 0 Å². The van der Waals surface area contributed by atoms with Crippen LogP contribution in [0.5, 0.6) is 0 Å². The van der Waals surface area contributed by atoms with Crippen molar-refractivity contribution < 1.29 is 4.79 Å². The van der Waals surface area contributed by atoms with Gasteiger partial charge in [0.2, 0.25) is 0 Å². The van der Waals surface area contributed by atoms with Crippen LogP contribution in [0.2, 0.25) is 0 Å². The van der Waals surface area contributed by atoms with Gasteiger partial charge in [-0.2, -0.15) is 0 Å². The van der Waals surface area contributed by atoms with Crippen LogP contribution < -0.4 is 0 Å². The van der Waals surface area contributed by atoms with Crippen molar-refractivity contribution in [1.29, 1.82) is 0 Å². The van der Waals surface area contributed by atoms with E-state index in [1.165, 1.54) is 30.4 Å².